The van der Waals surface area contributed by atoms with E-state index in [-0.39, 0.29) is 5.69 Å². The van der Waals surface area contributed by atoms with E-state index >= 15 is 0 Å². The lowest BCUT2D eigenvalue weighted by atomic mass is 10.1. The van der Waals surface area contributed by atoms with Gasteiger partial charge in [-0.3, -0.25) is 4.57 Å². The fourth-order valence-corrected chi connectivity index (χ4v) is 3.40. The Bertz CT molecular complexity index is 1010. The highest BCUT2D eigenvalue weighted by Gasteiger charge is 2.19. The molecule has 0 radical (unpaired) electrons. The smallest absolute Gasteiger partial charge is 0.330 e. The Balaban J connectivity index is 1.68. The Labute approximate surface area is 145 Å². The van der Waals surface area contributed by atoms with Gasteiger partial charge in [0.2, 0.25) is 0 Å². The summed E-state index contributed by atoms with van der Waals surface area (Å²) in [5.74, 6) is 1.80. The highest BCUT2D eigenvalue weighted by atomic mass is 16.1. The summed E-state index contributed by atoms with van der Waals surface area (Å²) >= 11 is 0. The number of aromatic amines is 1. The first-order valence-corrected chi connectivity index (χ1v) is 8.64. The predicted octanol–water partition coefficient (Wildman–Crippen LogP) is 2.74. The zero-order chi connectivity index (χ0) is 17.4. The van der Waals surface area contributed by atoms with E-state index in [4.69, 9.17) is 0 Å². The van der Waals surface area contributed by atoms with Crippen LogP contribution < -0.4 is 10.6 Å². The number of hydrogen-bond acceptors (Lipinski definition) is 4. The molecule has 0 fully saturated rings. The molecule has 128 valence electrons. The van der Waals surface area contributed by atoms with Gasteiger partial charge in [-0.25, -0.2) is 14.8 Å². The summed E-state index contributed by atoms with van der Waals surface area (Å²) in [4.78, 5) is 26.5. The summed E-state index contributed by atoms with van der Waals surface area (Å²) < 4.78 is 1.79. The lowest BCUT2D eigenvalue weighted by Gasteiger charge is -2.29. The van der Waals surface area contributed by atoms with Crippen LogP contribution in [0.4, 0.5) is 5.82 Å². The molecule has 3 aromatic rings. The Kier molecular flexibility index (Phi) is 3.87. The molecule has 1 aliphatic rings. The van der Waals surface area contributed by atoms with Crippen LogP contribution >= 0.6 is 0 Å². The number of imidazole rings is 1. The molecule has 1 N–H and O–H groups in total. The van der Waals surface area contributed by atoms with Crippen molar-refractivity contribution in [2.75, 3.05) is 18.0 Å². The SMILES string of the molecule is CCc1cnc(C)nc1N1CC=C(n2c(=O)[nH]c3ccccc32)CC1. The summed E-state index contributed by atoms with van der Waals surface area (Å²) in [5, 5.41) is 0. The van der Waals surface area contributed by atoms with Crippen LogP contribution in [0.15, 0.2) is 41.3 Å². The number of nitrogens with one attached hydrogen (secondary N) is 1. The van der Waals surface area contributed by atoms with Crippen molar-refractivity contribution in [1.82, 2.24) is 19.5 Å². The second-order valence-electron chi connectivity index (χ2n) is 6.29. The molecule has 6 nitrogen and oxygen atoms in total. The standard InChI is InChI=1S/C19H21N5O/c1-3-14-12-20-13(2)21-18(14)23-10-8-15(9-11-23)24-17-7-5-4-6-16(17)22-19(24)25/h4-8,12H,3,9-11H2,1-2H3,(H,22,25). The number of aryl methyl sites for hydroxylation is 2. The lowest BCUT2D eigenvalue weighted by Crippen LogP contribution is -2.32. The molecule has 0 spiro atoms. The van der Waals surface area contributed by atoms with Crippen LogP contribution in [0.3, 0.4) is 0 Å². The fraction of sp³-hybridized carbons (Fsp3) is 0.316. The third kappa shape index (κ3) is 2.73. The summed E-state index contributed by atoms with van der Waals surface area (Å²) in [7, 11) is 0. The number of para-hydroxylation sites is 2. The number of anilines is 1. The zero-order valence-electron chi connectivity index (χ0n) is 14.5. The van der Waals surface area contributed by atoms with Gasteiger partial charge in [0.1, 0.15) is 11.6 Å². The van der Waals surface area contributed by atoms with E-state index in [1.807, 2.05) is 37.4 Å². The molecule has 1 aromatic carbocycles. The van der Waals surface area contributed by atoms with Crippen LogP contribution in [-0.4, -0.2) is 32.6 Å². The van der Waals surface area contributed by atoms with Gasteiger partial charge < -0.3 is 9.88 Å². The molecular formula is C19H21N5O. The maximum atomic E-state index is 12.4. The number of nitrogens with zero attached hydrogens (tertiary/aromatic N) is 4. The first-order chi connectivity index (χ1) is 12.2. The molecule has 0 aliphatic carbocycles. The number of H-pyrrole nitrogens is 1. The lowest BCUT2D eigenvalue weighted by molar-refractivity contribution is 0.771. The van der Waals surface area contributed by atoms with Gasteiger partial charge in [-0.2, -0.15) is 0 Å². The van der Waals surface area contributed by atoms with E-state index < -0.39 is 0 Å². The Hall–Kier alpha value is -2.89. The van der Waals surface area contributed by atoms with Crippen molar-refractivity contribution >= 4 is 22.5 Å². The monoisotopic (exact) mass is 335 g/mol. The minimum Gasteiger partial charge on any atom is -0.352 e. The van der Waals surface area contributed by atoms with Crippen molar-refractivity contribution < 1.29 is 0 Å². The minimum atomic E-state index is -0.0759. The number of hydrogen-bond donors (Lipinski definition) is 1. The maximum Gasteiger partial charge on any atom is 0.330 e. The largest absolute Gasteiger partial charge is 0.352 e. The second-order valence-corrected chi connectivity index (χ2v) is 6.29. The van der Waals surface area contributed by atoms with Gasteiger partial charge in [0.15, 0.2) is 0 Å². The first kappa shape index (κ1) is 15.6. The van der Waals surface area contributed by atoms with Gasteiger partial charge in [0.05, 0.1) is 11.0 Å². The van der Waals surface area contributed by atoms with E-state index in [0.29, 0.717) is 0 Å². The zero-order valence-corrected chi connectivity index (χ0v) is 14.5. The van der Waals surface area contributed by atoms with Crippen LogP contribution in [0.25, 0.3) is 16.7 Å². The average molecular weight is 335 g/mol. The Morgan fingerprint density at radius 3 is 2.88 bits per heavy atom. The van der Waals surface area contributed by atoms with Crippen molar-refractivity contribution in [2.24, 2.45) is 0 Å². The fourth-order valence-electron chi connectivity index (χ4n) is 3.40. The van der Waals surface area contributed by atoms with Crippen LogP contribution in [0.2, 0.25) is 0 Å². The maximum absolute atomic E-state index is 12.4. The summed E-state index contributed by atoms with van der Waals surface area (Å²) in [6.07, 6.45) is 5.75. The van der Waals surface area contributed by atoms with Gasteiger partial charge >= 0.3 is 5.69 Å². The number of benzene rings is 1. The molecule has 0 bridgehead atoms. The molecule has 0 atom stereocenters. The van der Waals surface area contributed by atoms with Crippen LogP contribution in [-0.2, 0) is 6.42 Å². The van der Waals surface area contributed by atoms with Crippen molar-refractivity contribution in [3.8, 4) is 0 Å². The molecule has 0 saturated carbocycles. The third-order valence-corrected chi connectivity index (χ3v) is 4.70. The third-order valence-electron chi connectivity index (χ3n) is 4.70. The van der Waals surface area contributed by atoms with E-state index in [9.17, 15) is 4.79 Å². The highest BCUT2D eigenvalue weighted by molar-refractivity contribution is 5.79. The van der Waals surface area contributed by atoms with Crippen molar-refractivity contribution in [1.29, 1.82) is 0 Å². The van der Waals surface area contributed by atoms with Gasteiger partial charge in [-0.15, -0.1) is 0 Å². The number of fused-ring (bicyclic) bond motifs is 1. The van der Waals surface area contributed by atoms with Gasteiger partial charge in [-0.1, -0.05) is 19.1 Å². The molecular weight excluding hydrogens is 314 g/mol. The molecule has 25 heavy (non-hydrogen) atoms. The van der Waals surface area contributed by atoms with Gasteiger partial charge in [-0.05, 0) is 31.6 Å². The molecule has 3 heterocycles. The summed E-state index contributed by atoms with van der Waals surface area (Å²) in [5.41, 5.74) is 3.93. The Morgan fingerprint density at radius 1 is 1.28 bits per heavy atom. The minimum absolute atomic E-state index is 0.0759. The number of rotatable bonds is 3. The van der Waals surface area contributed by atoms with Gasteiger partial charge in [0, 0.05) is 37.0 Å². The quantitative estimate of drug-likeness (QED) is 0.799. The van der Waals surface area contributed by atoms with E-state index in [2.05, 4.69) is 32.9 Å². The molecule has 0 amide bonds. The molecule has 0 saturated heterocycles. The predicted molar refractivity (Wildman–Crippen MR) is 99.8 cm³/mol. The molecule has 6 heteroatoms. The highest BCUT2D eigenvalue weighted by Crippen LogP contribution is 2.25. The van der Waals surface area contributed by atoms with Crippen molar-refractivity contribution in [3.63, 3.8) is 0 Å². The van der Waals surface area contributed by atoms with E-state index in [1.165, 1.54) is 0 Å². The van der Waals surface area contributed by atoms with Gasteiger partial charge in [0.25, 0.3) is 0 Å². The Morgan fingerprint density at radius 2 is 2.12 bits per heavy atom. The molecule has 0 unspecified atom stereocenters. The molecule has 4 rings (SSSR count). The molecule has 1 aliphatic heterocycles. The summed E-state index contributed by atoms with van der Waals surface area (Å²) in [6.45, 7) is 5.61. The summed E-state index contributed by atoms with van der Waals surface area (Å²) in [6, 6.07) is 7.80. The molecule has 2 aromatic heterocycles. The van der Waals surface area contributed by atoms with Crippen molar-refractivity contribution in [3.05, 3.63) is 58.4 Å². The second kappa shape index (κ2) is 6.20. The topological polar surface area (TPSA) is 66.8 Å². The first-order valence-electron chi connectivity index (χ1n) is 8.64. The normalized spacial score (nSPS) is 14.8. The van der Waals surface area contributed by atoms with Crippen molar-refractivity contribution in [2.45, 2.75) is 26.7 Å². The number of aromatic nitrogens is 4. The van der Waals surface area contributed by atoms with E-state index in [0.717, 1.165) is 59.9 Å². The van der Waals surface area contributed by atoms with Crippen LogP contribution in [0, 0.1) is 6.92 Å². The average Bonchev–Trinajstić information content (AvgIpc) is 2.97. The van der Waals surface area contributed by atoms with Crippen LogP contribution in [0.5, 0.6) is 0 Å². The van der Waals surface area contributed by atoms with E-state index in [1.54, 1.807) is 4.57 Å². The van der Waals surface area contributed by atoms with Crippen LogP contribution in [0.1, 0.15) is 24.7 Å².